The molecule has 0 unspecified atom stereocenters. The van der Waals surface area contributed by atoms with E-state index in [-0.39, 0.29) is 6.61 Å². The summed E-state index contributed by atoms with van der Waals surface area (Å²) in [7, 11) is 1.50. The maximum Gasteiger partial charge on any atom is 0.276 e. The average Bonchev–Trinajstić information content (AvgIpc) is 2.70. The van der Waals surface area contributed by atoms with Crippen LogP contribution in [-0.4, -0.2) is 32.1 Å². The Morgan fingerprint density at radius 1 is 1.03 bits per heavy atom. The quantitative estimate of drug-likeness (QED) is 0.605. The Hall–Kier alpha value is -2.93. The van der Waals surface area contributed by atoms with Crippen molar-refractivity contribution in [3.05, 3.63) is 53.1 Å². The number of benzene rings is 2. The summed E-state index contributed by atoms with van der Waals surface area (Å²) in [5, 5.41) is 0.502. The summed E-state index contributed by atoms with van der Waals surface area (Å²) in [5.74, 6) is 0.974. The fraction of sp³-hybridized carbons (Fsp3) is 0.333. The van der Waals surface area contributed by atoms with Gasteiger partial charge in [0.15, 0.2) is 18.1 Å². The van der Waals surface area contributed by atoms with Crippen LogP contribution in [0.2, 0.25) is 5.02 Å². The van der Waals surface area contributed by atoms with Crippen LogP contribution in [0, 0.1) is 5.92 Å². The number of halogens is 1. The fourth-order valence-corrected chi connectivity index (χ4v) is 2.45. The molecular formula is C21H25ClN2O5. The van der Waals surface area contributed by atoms with Crippen molar-refractivity contribution in [3.8, 4) is 17.2 Å². The van der Waals surface area contributed by atoms with Crippen molar-refractivity contribution in [3.63, 3.8) is 0 Å². The summed E-state index contributed by atoms with van der Waals surface area (Å²) in [6, 6.07) is 11.5. The second-order valence-electron chi connectivity index (χ2n) is 6.64. The largest absolute Gasteiger partial charge is 0.493 e. The number of hydrogen-bond donors (Lipinski definition) is 2. The maximum absolute atomic E-state index is 12.3. The van der Waals surface area contributed by atoms with Crippen molar-refractivity contribution < 1.29 is 23.8 Å². The average molecular weight is 421 g/mol. The summed E-state index contributed by atoms with van der Waals surface area (Å²) in [6.07, 6.45) is 0.911. The first kappa shape index (κ1) is 22.4. The van der Waals surface area contributed by atoms with Gasteiger partial charge in [-0.05, 0) is 48.7 Å². The lowest BCUT2D eigenvalue weighted by molar-refractivity contribution is -0.123. The molecule has 29 heavy (non-hydrogen) atoms. The Labute approximate surface area is 175 Å². The van der Waals surface area contributed by atoms with E-state index in [1.807, 2.05) is 0 Å². The first-order valence-electron chi connectivity index (χ1n) is 9.17. The second kappa shape index (κ2) is 11.2. The highest BCUT2D eigenvalue weighted by Gasteiger charge is 2.12. The molecule has 0 heterocycles. The topological polar surface area (TPSA) is 85.9 Å². The van der Waals surface area contributed by atoms with Gasteiger partial charge in [-0.15, -0.1) is 0 Å². The molecule has 0 aromatic heterocycles. The lowest BCUT2D eigenvalue weighted by atomic mass is 10.1. The van der Waals surface area contributed by atoms with Crippen molar-refractivity contribution in [2.24, 2.45) is 5.92 Å². The van der Waals surface area contributed by atoms with Crippen LogP contribution in [0.25, 0.3) is 0 Å². The molecular weight excluding hydrogens is 396 g/mol. The molecule has 2 aromatic carbocycles. The lowest BCUT2D eigenvalue weighted by Crippen LogP contribution is -2.43. The van der Waals surface area contributed by atoms with Crippen LogP contribution in [0.1, 0.15) is 30.6 Å². The third kappa shape index (κ3) is 7.54. The number of carbonyl (C=O) groups is 2. The number of ether oxygens (including phenoxy) is 3. The summed E-state index contributed by atoms with van der Waals surface area (Å²) >= 11 is 5.85. The monoisotopic (exact) mass is 420 g/mol. The molecule has 2 amide bonds. The van der Waals surface area contributed by atoms with Crippen LogP contribution in [0.15, 0.2) is 42.5 Å². The number of amides is 2. The Morgan fingerprint density at radius 3 is 2.52 bits per heavy atom. The van der Waals surface area contributed by atoms with Crippen molar-refractivity contribution in [2.75, 3.05) is 20.3 Å². The van der Waals surface area contributed by atoms with E-state index in [1.165, 1.54) is 7.11 Å². The van der Waals surface area contributed by atoms with E-state index in [2.05, 4.69) is 24.7 Å². The maximum atomic E-state index is 12.3. The third-order valence-corrected chi connectivity index (χ3v) is 4.10. The number of hydrazine groups is 1. The molecule has 8 heteroatoms. The minimum atomic E-state index is -0.515. The van der Waals surface area contributed by atoms with Gasteiger partial charge in [0.1, 0.15) is 5.75 Å². The molecule has 7 nitrogen and oxygen atoms in total. The number of methoxy groups -OCH3 is 1. The zero-order chi connectivity index (χ0) is 21.2. The molecule has 0 saturated carbocycles. The molecule has 0 saturated heterocycles. The van der Waals surface area contributed by atoms with E-state index < -0.39 is 11.8 Å². The van der Waals surface area contributed by atoms with Crippen LogP contribution in [-0.2, 0) is 4.79 Å². The van der Waals surface area contributed by atoms with Crippen LogP contribution in [0.5, 0.6) is 17.2 Å². The van der Waals surface area contributed by atoms with Gasteiger partial charge in [0, 0.05) is 10.6 Å². The van der Waals surface area contributed by atoms with Crippen molar-refractivity contribution >= 4 is 23.4 Å². The van der Waals surface area contributed by atoms with Gasteiger partial charge in [0.25, 0.3) is 11.8 Å². The predicted octanol–water partition coefficient (Wildman–Crippen LogP) is 3.61. The highest BCUT2D eigenvalue weighted by atomic mass is 35.5. The van der Waals surface area contributed by atoms with Crippen molar-refractivity contribution in [2.45, 2.75) is 20.3 Å². The van der Waals surface area contributed by atoms with Gasteiger partial charge in [-0.25, -0.2) is 0 Å². The van der Waals surface area contributed by atoms with E-state index in [0.717, 1.165) is 6.42 Å². The number of carbonyl (C=O) groups excluding carboxylic acids is 2. The van der Waals surface area contributed by atoms with E-state index in [9.17, 15) is 9.59 Å². The normalized spacial score (nSPS) is 10.4. The van der Waals surface area contributed by atoms with Crippen LogP contribution in [0.4, 0.5) is 0 Å². The third-order valence-electron chi connectivity index (χ3n) is 3.86. The molecule has 0 aliphatic heterocycles. The van der Waals surface area contributed by atoms with Crippen LogP contribution < -0.4 is 25.1 Å². The number of hydrogen-bond acceptors (Lipinski definition) is 5. The van der Waals surface area contributed by atoms with Gasteiger partial charge in [-0.1, -0.05) is 31.5 Å². The predicted molar refractivity (Wildman–Crippen MR) is 110 cm³/mol. The zero-order valence-electron chi connectivity index (χ0n) is 16.7. The zero-order valence-corrected chi connectivity index (χ0v) is 17.4. The minimum absolute atomic E-state index is 0.271. The molecule has 0 radical (unpaired) electrons. The van der Waals surface area contributed by atoms with E-state index in [1.54, 1.807) is 42.5 Å². The van der Waals surface area contributed by atoms with Gasteiger partial charge in [0.05, 0.1) is 13.7 Å². The molecule has 0 fully saturated rings. The first-order chi connectivity index (χ1) is 13.9. The van der Waals surface area contributed by atoms with Gasteiger partial charge in [-0.3, -0.25) is 20.4 Å². The minimum Gasteiger partial charge on any atom is -0.493 e. The number of nitrogens with one attached hydrogen (secondary N) is 2. The molecule has 2 rings (SSSR count). The highest BCUT2D eigenvalue weighted by Crippen LogP contribution is 2.28. The first-order valence-corrected chi connectivity index (χ1v) is 9.55. The fourth-order valence-electron chi connectivity index (χ4n) is 2.27. The Kier molecular flexibility index (Phi) is 8.61. The van der Waals surface area contributed by atoms with E-state index in [0.29, 0.717) is 40.4 Å². The van der Waals surface area contributed by atoms with Gasteiger partial charge in [0.2, 0.25) is 0 Å². The van der Waals surface area contributed by atoms with Crippen molar-refractivity contribution in [1.82, 2.24) is 10.9 Å². The molecule has 2 aromatic rings. The molecule has 0 aliphatic rings. The van der Waals surface area contributed by atoms with Crippen LogP contribution in [0.3, 0.4) is 0 Å². The Morgan fingerprint density at radius 2 is 1.83 bits per heavy atom. The Bertz CT molecular complexity index is 842. The summed E-state index contributed by atoms with van der Waals surface area (Å²) in [6.45, 7) is 4.51. The molecule has 156 valence electrons. The summed E-state index contributed by atoms with van der Waals surface area (Å²) in [4.78, 5) is 24.1. The summed E-state index contributed by atoms with van der Waals surface area (Å²) in [5.41, 5.74) is 4.94. The van der Waals surface area contributed by atoms with Gasteiger partial charge < -0.3 is 14.2 Å². The summed E-state index contributed by atoms with van der Waals surface area (Å²) < 4.78 is 16.3. The highest BCUT2D eigenvalue weighted by molar-refractivity contribution is 6.30. The SMILES string of the molecule is COc1cc(C(=O)NNC(=O)COc2cccc(Cl)c2)ccc1OCCC(C)C. The lowest BCUT2D eigenvalue weighted by Gasteiger charge is -2.13. The van der Waals surface area contributed by atoms with Crippen LogP contribution >= 0.6 is 11.6 Å². The van der Waals surface area contributed by atoms with Gasteiger partial charge >= 0.3 is 0 Å². The molecule has 0 atom stereocenters. The molecule has 0 spiro atoms. The van der Waals surface area contributed by atoms with E-state index >= 15 is 0 Å². The van der Waals surface area contributed by atoms with Crippen molar-refractivity contribution in [1.29, 1.82) is 0 Å². The Balaban J connectivity index is 1.85. The standard InChI is InChI=1S/C21H25ClN2O5/c1-14(2)9-10-28-18-8-7-15(11-19(18)27-3)21(26)24-23-20(25)13-29-17-6-4-5-16(22)12-17/h4-8,11-12,14H,9-10,13H2,1-3H3,(H,23,25)(H,24,26). The number of rotatable bonds is 9. The van der Waals surface area contributed by atoms with E-state index in [4.69, 9.17) is 25.8 Å². The second-order valence-corrected chi connectivity index (χ2v) is 7.08. The molecule has 2 N–H and O–H groups in total. The smallest absolute Gasteiger partial charge is 0.276 e. The van der Waals surface area contributed by atoms with Gasteiger partial charge in [-0.2, -0.15) is 0 Å². The molecule has 0 bridgehead atoms. The molecule has 0 aliphatic carbocycles.